The smallest absolute Gasteiger partial charge is 0.311 e. The number of methoxy groups -OCH3 is 1. The van der Waals surface area contributed by atoms with E-state index in [4.69, 9.17) is 25.9 Å². The number of fused-ring (bicyclic) bond motifs is 2. The SMILES string of the molecule is CCOc1ccc(S(=O)(=O)N2C[C@@H](C)[C@@H](n3nc(CC(=O)OC)c4ccc(Br)cc43)C2)cc1.[C-]#[N+]c1ccc2c(CC(=O)O)nn([C@H]3CN(S(=O)(=O)c4ccc(OCC)cc4)C[C@H]3C)c2c1. The lowest BCUT2D eigenvalue weighted by Gasteiger charge is -2.18. The molecule has 2 fully saturated rings. The Hall–Kier alpha value is -5.85. The Labute approximate surface area is 391 Å². The van der Waals surface area contributed by atoms with Gasteiger partial charge in [-0.25, -0.2) is 21.7 Å². The molecule has 348 valence electrons. The highest BCUT2D eigenvalue weighted by molar-refractivity contribution is 9.10. The van der Waals surface area contributed by atoms with E-state index in [2.05, 4.69) is 25.9 Å². The van der Waals surface area contributed by atoms with Gasteiger partial charge in [-0.05, 0) is 98.5 Å². The van der Waals surface area contributed by atoms with Gasteiger partial charge >= 0.3 is 11.9 Å². The van der Waals surface area contributed by atoms with Crippen LogP contribution in [0.25, 0.3) is 26.7 Å². The van der Waals surface area contributed by atoms with Gasteiger partial charge in [0.25, 0.3) is 0 Å². The van der Waals surface area contributed by atoms with Crippen LogP contribution in [-0.4, -0.2) is 109 Å². The summed E-state index contributed by atoms with van der Waals surface area (Å²) < 4.78 is 76.2. The summed E-state index contributed by atoms with van der Waals surface area (Å²) in [6.45, 7) is 17.2. The van der Waals surface area contributed by atoms with Crippen LogP contribution in [0.1, 0.15) is 51.2 Å². The zero-order valence-corrected chi connectivity index (χ0v) is 40.2. The molecule has 0 aliphatic carbocycles. The van der Waals surface area contributed by atoms with Gasteiger partial charge in [-0.15, -0.1) is 0 Å². The first-order valence-electron chi connectivity index (χ1n) is 21.3. The molecule has 4 heterocycles. The molecule has 20 heteroatoms. The zero-order chi connectivity index (χ0) is 47.5. The number of sulfonamides is 2. The summed E-state index contributed by atoms with van der Waals surface area (Å²) in [5.74, 6) is -0.182. The second-order valence-electron chi connectivity index (χ2n) is 16.1. The van der Waals surface area contributed by atoms with E-state index in [1.54, 1.807) is 59.3 Å². The normalized spacial score (nSPS) is 19.0. The van der Waals surface area contributed by atoms with Gasteiger partial charge in [0.15, 0.2) is 5.69 Å². The van der Waals surface area contributed by atoms with Crippen molar-refractivity contribution in [2.75, 3.05) is 46.5 Å². The molecule has 2 aromatic heterocycles. The number of esters is 1. The lowest BCUT2D eigenvalue weighted by molar-refractivity contribution is -0.140. The molecule has 0 spiro atoms. The van der Waals surface area contributed by atoms with E-state index in [-0.39, 0.29) is 65.6 Å². The van der Waals surface area contributed by atoms with Crippen LogP contribution in [0.2, 0.25) is 0 Å². The van der Waals surface area contributed by atoms with Crippen molar-refractivity contribution in [2.45, 2.75) is 62.4 Å². The summed E-state index contributed by atoms with van der Waals surface area (Å²) >= 11 is 3.51. The molecule has 1 N–H and O–H groups in total. The summed E-state index contributed by atoms with van der Waals surface area (Å²) in [6.07, 6.45) is -0.201. The average molecular weight is 1000 g/mol. The third-order valence-electron chi connectivity index (χ3n) is 11.8. The lowest BCUT2D eigenvalue weighted by Crippen LogP contribution is -2.29. The summed E-state index contributed by atoms with van der Waals surface area (Å²) in [6, 6.07) is 23.1. The zero-order valence-electron chi connectivity index (χ0n) is 37.0. The number of benzene rings is 4. The van der Waals surface area contributed by atoms with Gasteiger partial charge in [0.05, 0.1) is 84.0 Å². The minimum absolute atomic E-state index is 0.0236. The first-order valence-corrected chi connectivity index (χ1v) is 25.0. The fraction of sp³-hybridized carbons (Fsp3) is 0.370. The monoisotopic (exact) mass is 1000 g/mol. The van der Waals surface area contributed by atoms with Crippen molar-refractivity contribution in [1.82, 2.24) is 28.2 Å². The van der Waals surface area contributed by atoms with Crippen LogP contribution < -0.4 is 9.47 Å². The van der Waals surface area contributed by atoms with E-state index in [9.17, 15) is 31.5 Å². The maximum atomic E-state index is 13.3. The molecule has 8 rings (SSSR count). The maximum Gasteiger partial charge on any atom is 0.311 e. The number of rotatable bonds is 14. The number of carboxylic acids is 1. The number of carbonyl (C=O) groups excluding carboxylic acids is 1. The Morgan fingerprint density at radius 2 is 1.17 bits per heavy atom. The second-order valence-corrected chi connectivity index (χ2v) is 20.9. The summed E-state index contributed by atoms with van der Waals surface area (Å²) in [5, 5.41) is 20.1. The van der Waals surface area contributed by atoms with E-state index in [1.807, 2.05) is 50.6 Å². The van der Waals surface area contributed by atoms with Crippen molar-refractivity contribution in [3.8, 4) is 11.5 Å². The van der Waals surface area contributed by atoms with Crippen molar-refractivity contribution < 1.29 is 45.7 Å². The highest BCUT2D eigenvalue weighted by atomic mass is 79.9. The highest BCUT2D eigenvalue weighted by Crippen LogP contribution is 2.38. The van der Waals surface area contributed by atoms with Crippen LogP contribution in [0, 0.1) is 18.4 Å². The van der Waals surface area contributed by atoms with Crippen LogP contribution in [0.5, 0.6) is 11.5 Å². The number of nitrogens with zero attached hydrogens (tertiary/aromatic N) is 7. The molecule has 66 heavy (non-hydrogen) atoms. The standard InChI is InChI=1S/C23H26BrN3O5S.C23H24N4O5S/c1-4-32-17-6-8-18(9-7-17)33(29,30)26-13-15(2)22(14-26)27-21-11-16(24)5-10-19(21)20(25-27)12-23(28)31-3;1-4-32-17-6-8-18(9-7-17)33(30,31)26-13-15(2)22(14-26)27-21-11-16(24-3)5-10-19(21)20(25-27)12-23(28)29/h5-11,15,22H,4,12-14H2,1-3H3;5-11,15,22H,4,12-14H2,1-2H3,(H,28,29)/t2*15-,22+/m11/s1. The molecule has 0 saturated carbocycles. The lowest BCUT2D eigenvalue weighted by atomic mass is 10.1. The summed E-state index contributed by atoms with van der Waals surface area (Å²) in [7, 11) is -6.05. The largest absolute Gasteiger partial charge is 0.494 e. The van der Waals surface area contributed by atoms with Crippen LogP contribution in [0.4, 0.5) is 5.69 Å². The minimum atomic E-state index is -3.73. The van der Waals surface area contributed by atoms with Gasteiger partial charge in [0.2, 0.25) is 20.0 Å². The molecule has 0 unspecified atom stereocenters. The van der Waals surface area contributed by atoms with Crippen LogP contribution >= 0.6 is 15.9 Å². The first kappa shape index (κ1) is 48.1. The Bertz CT molecular complexity index is 3020. The highest BCUT2D eigenvalue weighted by Gasteiger charge is 2.41. The second kappa shape index (κ2) is 19.9. The Morgan fingerprint density at radius 1 is 0.712 bits per heavy atom. The molecule has 17 nitrogen and oxygen atoms in total. The van der Waals surface area contributed by atoms with Gasteiger partial charge in [0, 0.05) is 41.4 Å². The molecular formula is C46H50BrN7O10S2. The predicted molar refractivity (Wildman–Crippen MR) is 250 cm³/mol. The van der Waals surface area contributed by atoms with E-state index in [0.29, 0.717) is 65.8 Å². The molecule has 4 aromatic carbocycles. The van der Waals surface area contributed by atoms with Crippen LogP contribution in [-0.2, 0) is 47.2 Å². The number of carboxylic acid groups (broad SMARTS) is 1. The van der Waals surface area contributed by atoms with E-state index < -0.39 is 26.0 Å². The molecule has 0 radical (unpaired) electrons. The molecule has 2 aliphatic heterocycles. The average Bonchev–Trinajstić information content (AvgIpc) is 4.07. The number of ether oxygens (including phenoxy) is 3. The molecule has 2 aliphatic rings. The number of halogens is 1. The van der Waals surface area contributed by atoms with Gasteiger partial charge in [-0.3, -0.25) is 19.0 Å². The number of aromatic nitrogens is 4. The third-order valence-corrected chi connectivity index (χ3v) is 15.9. The molecule has 6 aromatic rings. The van der Waals surface area contributed by atoms with Crippen LogP contribution in [0.15, 0.2) is 99.2 Å². The van der Waals surface area contributed by atoms with E-state index in [0.717, 1.165) is 15.4 Å². The predicted octanol–water partition coefficient (Wildman–Crippen LogP) is 7.29. The van der Waals surface area contributed by atoms with Gasteiger partial charge in [-0.2, -0.15) is 18.8 Å². The number of carbonyl (C=O) groups is 2. The number of aliphatic carboxylic acids is 1. The van der Waals surface area contributed by atoms with Crippen molar-refractivity contribution >= 4 is 75.4 Å². The van der Waals surface area contributed by atoms with Crippen molar-refractivity contribution in [1.29, 1.82) is 0 Å². The minimum Gasteiger partial charge on any atom is -0.494 e. The Balaban J connectivity index is 0.000000196. The maximum absolute atomic E-state index is 13.3. The number of hydrogen-bond acceptors (Lipinski definition) is 11. The van der Waals surface area contributed by atoms with Crippen molar-refractivity contribution in [3.63, 3.8) is 0 Å². The van der Waals surface area contributed by atoms with E-state index >= 15 is 0 Å². The molecule has 2 saturated heterocycles. The summed E-state index contributed by atoms with van der Waals surface area (Å²) in [5.41, 5.74) is 2.91. The fourth-order valence-electron chi connectivity index (χ4n) is 8.44. The van der Waals surface area contributed by atoms with Crippen molar-refractivity contribution in [2.24, 2.45) is 11.8 Å². The van der Waals surface area contributed by atoms with Crippen LogP contribution in [0.3, 0.4) is 0 Å². The first-order chi connectivity index (χ1) is 31.5. The quantitative estimate of drug-likeness (QED) is 0.0847. The van der Waals surface area contributed by atoms with Gasteiger partial charge < -0.3 is 19.3 Å². The van der Waals surface area contributed by atoms with Gasteiger partial charge in [-0.1, -0.05) is 41.9 Å². The fourth-order valence-corrected chi connectivity index (χ4v) is 11.9. The summed E-state index contributed by atoms with van der Waals surface area (Å²) in [4.78, 5) is 27.1. The molecule has 0 bridgehead atoms. The molecular weight excluding hydrogens is 955 g/mol. The number of hydrogen-bond donors (Lipinski definition) is 1. The van der Waals surface area contributed by atoms with Gasteiger partial charge in [0.1, 0.15) is 11.5 Å². The topological polar surface area (TPSA) is 197 Å². The molecule has 4 atom stereocenters. The third kappa shape index (κ3) is 9.95. The van der Waals surface area contributed by atoms with E-state index in [1.165, 1.54) is 27.9 Å². The Morgan fingerprint density at radius 3 is 1.61 bits per heavy atom. The molecule has 0 amide bonds. The Kier molecular flexibility index (Phi) is 14.5. The van der Waals surface area contributed by atoms with Crippen molar-refractivity contribution in [3.05, 3.63) is 112 Å².